The summed E-state index contributed by atoms with van der Waals surface area (Å²) in [5.41, 5.74) is 7.09. The van der Waals surface area contributed by atoms with Crippen molar-refractivity contribution >= 4 is 30.5 Å². The second-order valence-electron chi connectivity index (χ2n) is 3.56. The third-order valence-corrected chi connectivity index (χ3v) is 2.47. The van der Waals surface area contributed by atoms with Gasteiger partial charge in [0.15, 0.2) is 0 Å². The molecule has 1 unspecified atom stereocenters. The molecule has 2 N–H and O–H groups in total. The third kappa shape index (κ3) is 3.86. The second-order valence-corrected chi connectivity index (χ2v) is 3.56. The van der Waals surface area contributed by atoms with E-state index in [-0.39, 0.29) is 24.8 Å². The highest BCUT2D eigenvalue weighted by molar-refractivity contribution is 5.85. The van der Waals surface area contributed by atoms with Gasteiger partial charge in [-0.1, -0.05) is 0 Å². The Balaban J connectivity index is 0.000000980. The van der Waals surface area contributed by atoms with E-state index in [4.69, 9.17) is 5.73 Å². The lowest BCUT2D eigenvalue weighted by molar-refractivity contribution is 0.506. The SMILES string of the molecule is Cl.Cl.NC1CCCN(c2cccnc2)C1. The molecule has 5 heteroatoms. The zero-order valence-corrected chi connectivity index (χ0v) is 10.1. The summed E-state index contributed by atoms with van der Waals surface area (Å²) in [6.45, 7) is 2.07. The van der Waals surface area contributed by atoms with Gasteiger partial charge in [0.05, 0.1) is 11.9 Å². The molecule has 0 aliphatic carbocycles. The van der Waals surface area contributed by atoms with Gasteiger partial charge < -0.3 is 10.6 Å². The Bertz CT molecular complexity index is 269. The number of anilines is 1. The van der Waals surface area contributed by atoms with E-state index in [1.807, 2.05) is 12.3 Å². The number of aromatic nitrogens is 1. The molecular formula is C10H17Cl2N3. The Morgan fingerprint density at radius 2 is 2.20 bits per heavy atom. The molecule has 0 radical (unpaired) electrons. The standard InChI is InChI=1S/C10H15N3.2ClH/c11-9-3-2-6-13(8-9)10-4-1-5-12-7-10;;/h1,4-5,7,9H,2-3,6,8,11H2;2*1H. The van der Waals surface area contributed by atoms with Gasteiger partial charge in [-0.05, 0) is 25.0 Å². The summed E-state index contributed by atoms with van der Waals surface area (Å²) in [5.74, 6) is 0. The van der Waals surface area contributed by atoms with Crippen molar-refractivity contribution in [3.63, 3.8) is 0 Å². The number of nitrogens with zero attached hydrogens (tertiary/aromatic N) is 2. The molecule has 86 valence electrons. The molecule has 0 spiro atoms. The van der Waals surface area contributed by atoms with E-state index in [0.29, 0.717) is 6.04 Å². The van der Waals surface area contributed by atoms with Crippen LogP contribution in [0.4, 0.5) is 5.69 Å². The number of hydrogen-bond acceptors (Lipinski definition) is 3. The van der Waals surface area contributed by atoms with Crippen LogP contribution in [0.5, 0.6) is 0 Å². The van der Waals surface area contributed by atoms with Crippen molar-refractivity contribution < 1.29 is 0 Å². The van der Waals surface area contributed by atoms with Crippen LogP contribution in [0.3, 0.4) is 0 Å². The molecule has 2 heterocycles. The summed E-state index contributed by atoms with van der Waals surface area (Å²) >= 11 is 0. The summed E-state index contributed by atoms with van der Waals surface area (Å²) in [6, 6.07) is 4.38. The number of halogens is 2. The maximum Gasteiger partial charge on any atom is 0.0553 e. The quantitative estimate of drug-likeness (QED) is 0.827. The summed E-state index contributed by atoms with van der Waals surface area (Å²) < 4.78 is 0. The summed E-state index contributed by atoms with van der Waals surface area (Å²) in [6.07, 6.45) is 6.04. The smallest absolute Gasteiger partial charge is 0.0553 e. The fourth-order valence-electron chi connectivity index (χ4n) is 1.79. The lowest BCUT2D eigenvalue weighted by Gasteiger charge is -2.32. The highest BCUT2D eigenvalue weighted by Gasteiger charge is 2.16. The monoisotopic (exact) mass is 249 g/mol. The number of nitrogens with two attached hydrogens (primary N) is 1. The topological polar surface area (TPSA) is 42.1 Å². The first-order valence-electron chi connectivity index (χ1n) is 4.77. The number of piperidine rings is 1. The molecule has 1 aliphatic heterocycles. The molecule has 1 atom stereocenters. The van der Waals surface area contributed by atoms with Gasteiger partial charge >= 0.3 is 0 Å². The molecule has 0 bridgehead atoms. The van der Waals surface area contributed by atoms with Crippen molar-refractivity contribution in [1.82, 2.24) is 4.98 Å². The van der Waals surface area contributed by atoms with Crippen molar-refractivity contribution in [3.8, 4) is 0 Å². The second kappa shape index (κ2) is 6.88. The fourth-order valence-corrected chi connectivity index (χ4v) is 1.79. The highest BCUT2D eigenvalue weighted by Crippen LogP contribution is 2.17. The first kappa shape index (κ1) is 14.5. The van der Waals surface area contributed by atoms with Crippen molar-refractivity contribution in [2.24, 2.45) is 5.73 Å². The average Bonchev–Trinajstić information content (AvgIpc) is 2.19. The van der Waals surface area contributed by atoms with Crippen molar-refractivity contribution in [1.29, 1.82) is 0 Å². The van der Waals surface area contributed by atoms with Crippen LogP contribution in [0.25, 0.3) is 0 Å². The third-order valence-electron chi connectivity index (χ3n) is 2.47. The van der Waals surface area contributed by atoms with Crippen molar-refractivity contribution in [3.05, 3.63) is 24.5 Å². The first-order valence-corrected chi connectivity index (χ1v) is 4.77. The zero-order chi connectivity index (χ0) is 9.10. The predicted octanol–water partition coefficient (Wildman–Crippen LogP) is 1.85. The van der Waals surface area contributed by atoms with Crippen LogP contribution >= 0.6 is 24.8 Å². The maximum absolute atomic E-state index is 5.90. The summed E-state index contributed by atoms with van der Waals surface area (Å²) in [7, 11) is 0. The molecule has 0 amide bonds. The lowest BCUT2D eigenvalue weighted by atomic mass is 10.1. The van der Waals surface area contributed by atoms with Crippen LogP contribution in [0.1, 0.15) is 12.8 Å². The maximum atomic E-state index is 5.90. The largest absolute Gasteiger partial charge is 0.369 e. The van der Waals surface area contributed by atoms with Gasteiger partial charge in [-0.25, -0.2) is 0 Å². The Hall–Kier alpha value is -0.510. The van der Waals surface area contributed by atoms with Gasteiger partial charge in [-0.15, -0.1) is 24.8 Å². The van der Waals surface area contributed by atoms with Crippen molar-refractivity contribution in [2.75, 3.05) is 18.0 Å². The minimum Gasteiger partial charge on any atom is -0.369 e. The van der Waals surface area contributed by atoms with Gasteiger partial charge in [0.1, 0.15) is 0 Å². The van der Waals surface area contributed by atoms with Gasteiger partial charge in [0.25, 0.3) is 0 Å². The summed E-state index contributed by atoms with van der Waals surface area (Å²) in [4.78, 5) is 6.41. The number of pyridine rings is 1. The number of rotatable bonds is 1. The van der Waals surface area contributed by atoms with E-state index in [1.165, 1.54) is 12.1 Å². The van der Waals surface area contributed by atoms with E-state index >= 15 is 0 Å². The van der Waals surface area contributed by atoms with E-state index in [9.17, 15) is 0 Å². The molecule has 15 heavy (non-hydrogen) atoms. The molecule has 1 saturated heterocycles. The fraction of sp³-hybridized carbons (Fsp3) is 0.500. The molecule has 1 aromatic rings. The zero-order valence-electron chi connectivity index (χ0n) is 8.50. The van der Waals surface area contributed by atoms with Crippen LogP contribution in [-0.4, -0.2) is 24.1 Å². The molecule has 0 saturated carbocycles. The Morgan fingerprint density at radius 3 is 2.80 bits per heavy atom. The number of hydrogen-bond donors (Lipinski definition) is 1. The predicted molar refractivity (Wildman–Crippen MR) is 68.2 cm³/mol. The highest BCUT2D eigenvalue weighted by atomic mass is 35.5. The molecule has 1 aromatic heterocycles. The van der Waals surface area contributed by atoms with Crippen LogP contribution in [-0.2, 0) is 0 Å². The van der Waals surface area contributed by atoms with E-state index in [2.05, 4.69) is 16.0 Å². The van der Waals surface area contributed by atoms with Crippen LogP contribution < -0.4 is 10.6 Å². The molecular weight excluding hydrogens is 233 g/mol. The minimum atomic E-state index is 0. The molecule has 3 nitrogen and oxygen atoms in total. The van der Waals surface area contributed by atoms with Gasteiger partial charge in [0, 0.05) is 25.3 Å². The van der Waals surface area contributed by atoms with Gasteiger partial charge in [0.2, 0.25) is 0 Å². The Morgan fingerprint density at radius 1 is 1.40 bits per heavy atom. The van der Waals surface area contributed by atoms with E-state index in [1.54, 1.807) is 6.20 Å². The van der Waals surface area contributed by atoms with Crippen LogP contribution in [0.15, 0.2) is 24.5 Å². The van der Waals surface area contributed by atoms with Gasteiger partial charge in [-0.2, -0.15) is 0 Å². The normalized spacial score (nSPS) is 20.1. The lowest BCUT2D eigenvalue weighted by Crippen LogP contribution is -2.42. The molecule has 1 aliphatic rings. The van der Waals surface area contributed by atoms with Crippen LogP contribution in [0, 0.1) is 0 Å². The van der Waals surface area contributed by atoms with Gasteiger partial charge in [-0.3, -0.25) is 4.98 Å². The summed E-state index contributed by atoms with van der Waals surface area (Å²) in [5, 5.41) is 0. The Labute approximate surface area is 103 Å². The molecule has 0 aromatic carbocycles. The molecule has 1 fully saturated rings. The minimum absolute atomic E-state index is 0. The van der Waals surface area contributed by atoms with E-state index < -0.39 is 0 Å². The average molecular weight is 250 g/mol. The molecule has 2 rings (SSSR count). The van der Waals surface area contributed by atoms with Crippen molar-refractivity contribution in [2.45, 2.75) is 18.9 Å². The van der Waals surface area contributed by atoms with Crippen LogP contribution in [0.2, 0.25) is 0 Å². The Kier molecular flexibility index (Phi) is 6.65. The van der Waals surface area contributed by atoms with E-state index in [0.717, 1.165) is 19.5 Å². The first-order chi connectivity index (χ1) is 6.36.